The highest BCUT2D eigenvalue weighted by molar-refractivity contribution is 6.30. The molecule has 1 amide bonds. The van der Waals surface area contributed by atoms with Crippen LogP contribution < -0.4 is 4.90 Å². The molecule has 118 valence electrons. The summed E-state index contributed by atoms with van der Waals surface area (Å²) in [7, 11) is 0. The summed E-state index contributed by atoms with van der Waals surface area (Å²) in [6.45, 7) is 2.67. The molecule has 1 aromatic carbocycles. The Bertz CT molecular complexity index is 604. The van der Waals surface area contributed by atoms with Crippen LogP contribution >= 0.6 is 11.6 Å². The zero-order chi connectivity index (χ0) is 15.7. The van der Waals surface area contributed by atoms with Crippen LogP contribution in [0.5, 0.6) is 0 Å². The molecule has 0 unspecified atom stereocenters. The first-order chi connectivity index (χ1) is 10.6. The molecule has 0 N–H and O–H groups in total. The second-order valence-corrected chi connectivity index (χ2v) is 6.27. The smallest absolute Gasteiger partial charge is 0.294 e. The molecule has 6 nitrogen and oxygen atoms in total. The summed E-state index contributed by atoms with van der Waals surface area (Å²) in [6.07, 6.45) is 2.82. The maximum absolute atomic E-state index is 12.2. The van der Waals surface area contributed by atoms with Gasteiger partial charge in [-0.05, 0) is 31.4 Å². The van der Waals surface area contributed by atoms with Crippen LogP contribution in [0.3, 0.4) is 0 Å². The highest BCUT2D eigenvalue weighted by atomic mass is 35.5. The second kappa shape index (κ2) is 6.12. The first-order valence-corrected chi connectivity index (χ1v) is 7.92. The number of halogens is 1. The maximum Gasteiger partial charge on any atom is 0.294 e. The fraction of sp³-hybridized carbons (Fsp3) is 0.533. The Morgan fingerprint density at radius 3 is 2.68 bits per heavy atom. The van der Waals surface area contributed by atoms with E-state index in [1.807, 2.05) is 9.80 Å². The lowest BCUT2D eigenvalue weighted by Crippen LogP contribution is -2.36. The van der Waals surface area contributed by atoms with Crippen LogP contribution in [0.25, 0.3) is 0 Å². The molecular weight excluding hydrogens is 306 g/mol. The van der Waals surface area contributed by atoms with E-state index in [-0.39, 0.29) is 17.5 Å². The zero-order valence-corrected chi connectivity index (χ0v) is 13.0. The monoisotopic (exact) mass is 323 g/mol. The molecule has 1 aliphatic heterocycles. The summed E-state index contributed by atoms with van der Waals surface area (Å²) in [5.41, 5.74) is 0.601. The highest BCUT2D eigenvalue weighted by Crippen LogP contribution is 2.33. The van der Waals surface area contributed by atoms with Crippen molar-refractivity contribution >= 4 is 28.9 Å². The molecule has 1 saturated carbocycles. The molecular formula is C15H18ClN3O3. The van der Waals surface area contributed by atoms with Crippen LogP contribution in [0.4, 0.5) is 11.4 Å². The summed E-state index contributed by atoms with van der Waals surface area (Å²) in [5.74, 6) is 0.462. The van der Waals surface area contributed by atoms with Gasteiger partial charge >= 0.3 is 0 Å². The summed E-state index contributed by atoms with van der Waals surface area (Å²) in [6, 6.07) is 4.75. The van der Waals surface area contributed by atoms with E-state index >= 15 is 0 Å². The number of carbonyl (C=O) groups is 1. The molecule has 0 radical (unpaired) electrons. The topological polar surface area (TPSA) is 66.7 Å². The Kier molecular flexibility index (Phi) is 4.20. The van der Waals surface area contributed by atoms with Gasteiger partial charge in [-0.3, -0.25) is 14.9 Å². The molecule has 2 aliphatic rings. The first kappa shape index (κ1) is 15.1. The van der Waals surface area contributed by atoms with Gasteiger partial charge in [-0.25, -0.2) is 0 Å². The number of anilines is 1. The first-order valence-electron chi connectivity index (χ1n) is 7.54. The van der Waals surface area contributed by atoms with Crippen LogP contribution in [0.1, 0.15) is 19.3 Å². The second-order valence-electron chi connectivity index (χ2n) is 5.83. The van der Waals surface area contributed by atoms with Crippen molar-refractivity contribution in [1.29, 1.82) is 0 Å². The van der Waals surface area contributed by atoms with Crippen molar-refractivity contribution in [2.24, 2.45) is 5.92 Å². The minimum Gasteiger partial charge on any atom is -0.364 e. The van der Waals surface area contributed by atoms with Gasteiger partial charge in [0.1, 0.15) is 5.69 Å². The molecule has 1 aromatic rings. The predicted molar refractivity (Wildman–Crippen MR) is 84.2 cm³/mol. The van der Waals surface area contributed by atoms with E-state index in [4.69, 9.17) is 11.6 Å². The minimum absolute atomic E-state index is 0.0227. The van der Waals surface area contributed by atoms with E-state index in [0.29, 0.717) is 30.3 Å². The normalized spacial score (nSPS) is 19.0. The van der Waals surface area contributed by atoms with Gasteiger partial charge in [0.2, 0.25) is 5.91 Å². The Labute approximate surface area is 133 Å². The standard InChI is InChI=1S/C15H18ClN3O3/c16-12-4-5-13(14(10-12)19(21)22)17-6-1-7-18(9-8-17)15(20)11-2-3-11/h4-5,10-11H,1-3,6-9H2. The van der Waals surface area contributed by atoms with Crippen molar-refractivity contribution in [3.05, 3.63) is 33.3 Å². The fourth-order valence-electron chi connectivity index (χ4n) is 2.88. The van der Waals surface area contributed by atoms with E-state index < -0.39 is 4.92 Å². The van der Waals surface area contributed by atoms with Crippen molar-refractivity contribution in [2.45, 2.75) is 19.3 Å². The molecule has 0 atom stereocenters. The van der Waals surface area contributed by atoms with Crippen LogP contribution in [0.15, 0.2) is 18.2 Å². The minimum atomic E-state index is -0.404. The van der Waals surface area contributed by atoms with Crippen LogP contribution in [-0.2, 0) is 4.79 Å². The SMILES string of the molecule is O=C(C1CC1)N1CCCN(c2ccc(Cl)cc2[N+](=O)[O-])CC1. The maximum atomic E-state index is 12.2. The van der Waals surface area contributed by atoms with Crippen LogP contribution in [0.2, 0.25) is 5.02 Å². The number of nitro groups is 1. The lowest BCUT2D eigenvalue weighted by Gasteiger charge is -2.23. The number of carbonyl (C=O) groups excluding carboxylic acids is 1. The van der Waals surface area contributed by atoms with E-state index in [2.05, 4.69) is 0 Å². The predicted octanol–water partition coefficient (Wildman–Crippen LogP) is 2.70. The number of nitro benzene ring substituents is 1. The number of hydrogen-bond acceptors (Lipinski definition) is 4. The van der Waals surface area contributed by atoms with Gasteiger partial charge in [-0.15, -0.1) is 0 Å². The Balaban J connectivity index is 1.75. The fourth-order valence-corrected chi connectivity index (χ4v) is 3.04. The van der Waals surface area contributed by atoms with Gasteiger partial charge in [-0.1, -0.05) is 11.6 Å². The lowest BCUT2D eigenvalue weighted by atomic mass is 10.2. The quantitative estimate of drug-likeness (QED) is 0.633. The number of rotatable bonds is 3. The van der Waals surface area contributed by atoms with Gasteiger partial charge in [0, 0.05) is 43.2 Å². The Morgan fingerprint density at radius 2 is 2.00 bits per heavy atom. The van der Waals surface area contributed by atoms with Gasteiger partial charge in [-0.2, -0.15) is 0 Å². The van der Waals surface area contributed by atoms with E-state index in [9.17, 15) is 14.9 Å². The molecule has 1 saturated heterocycles. The molecule has 7 heteroatoms. The number of amides is 1. The number of benzene rings is 1. The molecule has 1 aliphatic carbocycles. The number of nitrogens with zero attached hydrogens (tertiary/aromatic N) is 3. The van der Waals surface area contributed by atoms with Crippen molar-refractivity contribution < 1.29 is 9.72 Å². The van der Waals surface area contributed by atoms with Crippen molar-refractivity contribution in [1.82, 2.24) is 4.90 Å². The molecule has 0 aromatic heterocycles. The third kappa shape index (κ3) is 3.16. The summed E-state index contributed by atoms with van der Waals surface area (Å²) in [4.78, 5) is 26.9. The highest BCUT2D eigenvalue weighted by Gasteiger charge is 2.34. The Morgan fingerprint density at radius 1 is 1.23 bits per heavy atom. The van der Waals surface area contributed by atoms with Crippen molar-refractivity contribution in [3.8, 4) is 0 Å². The van der Waals surface area contributed by atoms with Crippen molar-refractivity contribution in [2.75, 3.05) is 31.1 Å². The largest absolute Gasteiger partial charge is 0.364 e. The molecule has 2 fully saturated rings. The lowest BCUT2D eigenvalue weighted by molar-refractivity contribution is -0.384. The zero-order valence-electron chi connectivity index (χ0n) is 12.2. The average Bonchev–Trinajstić information content (AvgIpc) is 3.33. The van der Waals surface area contributed by atoms with Gasteiger partial charge in [0.05, 0.1) is 4.92 Å². The third-order valence-corrected chi connectivity index (χ3v) is 4.44. The van der Waals surface area contributed by atoms with Gasteiger partial charge < -0.3 is 9.80 Å². The van der Waals surface area contributed by atoms with E-state index in [1.54, 1.807) is 12.1 Å². The Hall–Kier alpha value is -1.82. The number of hydrogen-bond donors (Lipinski definition) is 0. The van der Waals surface area contributed by atoms with Crippen LogP contribution in [0, 0.1) is 16.0 Å². The summed E-state index contributed by atoms with van der Waals surface area (Å²) >= 11 is 5.86. The molecule has 0 spiro atoms. The summed E-state index contributed by atoms with van der Waals surface area (Å²) < 4.78 is 0. The summed E-state index contributed by atoms with van der Waals surface area (Å²) in [5, 5.41) is 11.6. The molecule has 22 heavy (non-hydrogen) atoms. The third-order valence-electron chi connectivity index (χ3n) is 4.21. The molecule has 0 bridgehead atoms. The van der Waals surface area contributed by atoms with E-state index in [1.165, 1.54) is 6.07 Å². The van der Waals surface area contributed by atoms with E-state index in [0.717, 1.165) is 25.8 Å². The van der Waals surface area contributed by atoms with Crippen molar-refractivity contribution in [3.63, 3.8) is 0 Å². The average molecular weight is 324 g/mol. The van der Waals surface area contributed by atoms with Crippen LogP contribution in [-0.4, -0.2) is 41.9 Å². The van der Waals surface area contributed by atoms with Gasteiger partial charge in [0.25, 0.3) is 5.69 Å². The molecule has 3 rings (SSSR count). The molecule has 1 heterocycles. The van der Waals surface area contributed by atoms with Gasteiger partial charge in [0.15, 0.2) is 0 Å².